The summed E-state index contributed by atoms with van der Waals surface area (Å²) in [5.74, 6) is -0.791. The molecular weight excluding hydrogens is 374 g/mol. The molecule has 1 aliphatic heterocycles. The van der Waals surface area contributed by atoms with E-state index in [1.165, 1.54) is 17.0 Å². The summed E-state index contributed by atoms with van der Waals surface area (Å²) >= 11 is 0. The van der Waals surface area contributed by atoms with Gasteiger partial charge >= 0.3 is 0 Å². The minimum Gasteiger partial charge on any atom is -0.491 e. The number of aromatic nitrogens is 1. The molecule has 29 heavy (non-hydrogen) atoms. The highest BCUT2D eigenvalue weighted by atomic mass is 19.1. The van der Waals surface area contributed by atoms with Gasteiger partial charge in [0.2, 0.25) is 5.91 Å². The van der Waals surface area contributed by atoms with Crippen molar-refractivity contribution >= 4 is 16.8 Å². The lowest BCUT2D eigenvalue weighted by atomic mass is 9.89. The Balaban J connectivity index is 1.23. The lowest BCUT2D eigenvalue weighted by molar-refractivity contribution is -0.132. The number of likely N-dealkylation sites (tertiary alicyclic amines) is 1. The van der Waals surface area contributed by atoms with E-state index >= 15 is 0 Å². The van der Waals surface area contributed by atoms with Crippen LogP contribution in [0.5, 0.6) is 5.75 Å². The summed E-state index contributed by atoms with van der Waals surface area (Å²) in [6.45, 7) is 1.72. The third-order valence-electron chi connectivity index (χ3n) is 5.60. The average molecular weight is 398 g/mol. The molecule has 3 aromatic rings. The predicted molar refractivity (Wildman–Crippen MR) is 108 cm³/mol. The number of carbonyl (C=O) groups excluding carboxylic acids is 1. The number of piperidine rings is 1. The number of hydrogen-bond acceptors (Lipinski definition) is 2. The second-order valence-corrected chi connectivity index (χ2v) is 7.47. The van der Waals surface area contributed by atoms with Crippen LogP contribution in [0.1, 0.15) is 37.2 Å². The number of hydrogen-bond donors (Lipinski definition) is 1. The Morgan fingerprint density at radius 2 is 1.93 bits per heavy atom. The van der Waals surface area contributed by atoms with E-state index < -0.39 is 11.6 Å². The molecular formula is C23H24F2N2O2. The highest BCUT2D eigenvalue weighted by Gasteiger charge is 2.25. The van der Waals surface area contributed by atoms with Gasteiger partial charge in [-0.3, -0.25) is 4.79 Å². The summed E-state index contributed by atoms with van der Waals surface area (Å²) in [6, 6.07) is 11.5. The lowest BCUT2D eigenvalue weighted by Crippen LogP contribution is -2.37. The Morgan fingerprint density at radius 3 is 2.72 bits per heavy atom. The topological polar surface area (TPSA) is 45.3 Å². The van der Waals surface area contributed by atoms with E-state index in [4.69, 9.17) is 4.74 Å². The number of aromatic amines is 1. The molecule has 1 N–H and O–H groups in total. The normalized spacial score (nSPS) is 15.0. The molecule has 2 heterocycles. The van der Waals surface area contributed by atoms with Crippen LogP contribution in [0.2, 0.25) is 0 Å². The fourth-order valence-electron chi connectivity index (χ4n) is 4.03. The van der Waals surface area contributed by atoms with E-state index in [1.807, 2.05) is 11.0 Å². The number of benzene rings is 2. The summed E-state index contributed by atoms with van der Waals surface area (Å²) in [5.41, 5.74) is 2.49. The van der Waals surface area contributed by atoms with Gasteiger partial charge in [0.1, 0.15) is 5.82 Å². The van der Waals surface area contributed by atoms with Gasteiger partial charge in [0.25, 0.3) is 0 Å². The number of amides is 1. The van der Waals surface area contributed by atoms with Crippen molar-refractivity contribution in [3.8, 4) is 5.75 Å². The van der Waals surface area contributed by atoms with Crippen LogP contribution in [-0.4, -0.2) is 35.5 Å². The van der Waals surface area contributed by atoms with E-state index in [9.17, 15) is 13.6 Å². The largest absolute Gasteiger partial charge is 0.491 e. The zero-order valence-electron chi connectivity index (χ0n) is 16.2. The molecule has 6 heteroatoms. The van der Waals surface area contributed by atoms with Gasteiger partial charge in [-0.15, -0.1) is 0 Å². The van der Waals surface area contributed by atoms with E-state index in [1.54, 1.807) is 0 Å². The quantitative estimate of drug-likeness (QED) is 0.593. The van der Waals surface area contributed by atoms with E-state index in [0.717, 1.165) is 43.6 Å². The van der Waals surface area contributed by atoms with E-state index in [0.29, 0.717) is 18.8 Å². The highest BCUT2D eigenvalue weighted by molar-refractivity contribution is 5.83. The van der Waals surface area contributed by atoms with Crippen LogP contribution in [0.15, 0.2) is 48.7 Å². The summed E-state index contributed by atoms with van der Waals surface area (Å²) in [4.78, 5) is 17.7. The molecule has 1 aromatic heterocycles. The molecule has 1 fully saturated rings. The highest BCUT2D eigenvalue weighted by Crippen LogP contribution is 2.33. The molecule has 0 bridgehead atoms. The van der Waals surface area contributed by atoms with E-state index in [2.05, 4.69) is 29.4 Å². The molecule has 0 radical (unpaired) electrons. The first-order chi connectivity index (χ1) is 14.1. The first kappa shape index (κ1) is 19.4. The van der Waals surface area contributed by atoms with Gasteiger partial charge in [-0.1, -0.05) is 18.2 Å². The Bertz CT molecular complexity index is 993. The van der Waals surface area contributed by atoms with Crippen molar-refractivity contribution in [2.24, 2.45) is 0 Å². The van der Waals surface area contributed by atoms with Gasteiger partial charge in [0.15, 0.2) is 11.6 Å². The molecule has 1 aliphatic rings. The van der Waals surface area contributed by atoms with Gasteiger partial charge in [-0.05, 0) is 48.9 Å². The van der Waals surface area contributed by atoms with Gasteiger partial charge in [0.05, 0.1) is 6.61 Å². The van der Waals surface area contributed by atoms with Crippen LogP contribution in [0, 0.1) is 11.6 Å². The second kappa shape index (κ2) is 8.64. The van der Waals surface area contributed by atoms with Crippen LogP contribution < -0.4 is 4.74 Å². The zero-order chi connectivity index (χ0) is 20.2. The van der Waals surface area contributed by atoms with Crippen LogP contribution in [0.25, 0.3) is 10.9 Å². The lowest BCUT2D eigenvalue weighted by Gasteiger charge is -2.32. The number of rotatable bonds is 6. The van der Waals surface area contributed by atoms with Gasteiger partial charge in [-0.2, -0.15) is 0 Å². The molecule has 0 spiro atoms. The standard InChI is InChI=1S/C23H24F2N2O2/c24-17-7-8-22(20(25)14-17)29-13-3-6-23(28)27-11-9-16(10-12-27)19-15-26-21-5-2-1-4-18(19)21/h1-2,4-5,7-8,14-16,26H,3,6,9-13H2. The van der Waals surface area contributed by atoms with Crippen molar-refractivity contribution in [2.45, 2.75) is 31.6 Å². The van der Waals surface area contributed by atoms with Gasteiger partial charge in [0, 0.05) is 42.7 Å². The zero-order valence-corrected chi connectivity index (χ0v) is 16.2. The summed E-state index contributed by atoms with van der Waals surface area (Å²) in [6.07, 6.45) is 4.85. The Kier molecular flexibility index (Phi) is 5.79. The Morgan fingerprint density at radius 1 is 1.14 bits per heavy atom. The van der Waals surface area contributed by atoms with Crippen LogP contribution in [0.3, 0.4) is 0 Å². The molecule has 0 atom stereocenters. The number of ether oxygens (including phenoxy) is 1. The smallest absolute Gasteiger partial charge is 0.222 e. The maximum atomic E-state index is 13.5. The van der Waals surface area contributed by atoms with Crippen molar-refractivity contribution < 1.29 is 18.3 Å². The van der Waals surface area contributed by atoms with Crippen molar-refractivity contribution in [2.75, 3.05) is 19.7 Å². The minimum atomic E-state index is -0.726. The SMILES string of the molecule is O=C(CCCOc1ccc(F)cc1F)N1CCC(c2c[nH]c3ccccc23)CC1. The number of nitrogens with zero attached hydrogens (tertiary/aromatic N) is 1. The fourth-order valence-corrected chi connectivity index (χ4v) is 4.03. The molecule has 4 rings (SSSR count). The fraction of sp³-hybridized carbons (Fsp3) is 0.348. The average Bonchev–Trinajstić information content (AvgIpc) is 3.16. The van der Waals surface area contributed by atoms with Crippen LogP contribution >= 0.6 is 0 Å². The number of H-pyrrole nitrogens is 1. The van der Waals surface area contributed by atoms with Crippen LogP contribution in [0.4, 0.5) is 8.78 Å². The van der Waals surface area contributed by atoms with Crippen LogP contribution in [-0.2, 0) is 4.79 Å². The third-order valence-corrected chi connectivity index (χ3v) is 5.60. The Labute approximate surface area is 168 Å². The maximum absolute atomic E-state index is 13.5. The second-order valence-electron chi connectivity index (χ2n) is 7.47. The molecule has 0 aliphatic carbocycles. The summed E-state index contributed by atoms with van der Waals surface area (Å²) in [7, 11) is 0. The molecule has 1 amide bonds. The minimum absolute atomic E-state index is 0.0124. The van der Waals surface area contributed by atoms with Crippen molar-refractivity contribution in [3.05, 3.63) is 65.9 Å². The van der Waals surface area contributed by atoms with E-state index in [-0.39, 0.29) is 18.3 Å². The van der Waals surface area contributed by atoms with Crippen molar-refractivity contribution in [1.29, 1.82) is 0 Å². The molecule has 152 valence electrons. The number of halogens is 2. The monoisotopic (exact) mass is 398 g/mol. The molecule has 0 unspecified atom stereocenters. The maximum Gasteiger partial charge on any atom is 0.222 e. The first-order valence-electron chi connectivity index (χ1n) is 10.0. The van der Waals surface area contributed by atoms with Crippen molar-refractivity contribution in [3.63, 3.8) is 0 Å². The Hall–Kier alpha value is -2.89. The first-order valence-corrected chi connectivity index (χ1v) is 10.0. The van der Waals surface area contributed by atoms with Gasteiger partial charge < -0.3 is 14.6 Å². The number of para-hydroxylation sites is 1. The van der Waals surface area contributed by atoms with Gasteiger partial charge in [-0.25, -0.2) is 8.78 Å². The number of fused-ring (bicyclic) bond motifs is 1. The molecule has 1 saturated heterocycles. The number of carbonyl (C=O) groups is 1. The molecule has 4 nitrogen and oxygen atoms in total. The third kappa shape index (κ3) is 4.42. The summed E-state index contributed by atoms with van der Waals surface area (Å²) < 4.78 is 31.8. The molecule has 0 saturated carbocycles. The number of nitrogens with one attached hydrogen (secondary N) is 1. The van der Waals surface area contributed by atoms with Crippen molar-refractivity contribution in [1.82, 2.24) is 9.88 Å². The summed E-state index contributed by atoms with van der Waals surface area (Å²) in [5, 5.41) is 1.27. The molecule has 2 aromatic carbocycles. The predicted octanol–water partition coefficient (Wildman–Crippen LogP) is 5.01.